The Kier molecular flexibility index (Phi) is 8.72. The fourth-order valence-corrected chi connectivity index (χ4v) is 5.52. The minimum atomic E-state index is -3.86. The molecule has 2 aliphatic heterocycles. The summed E-state index contributed by atoms with van der Waals surface area (Å²) in [6, 6.07) is 4.49. The molecule has 2 N–H and O–H groups in total. The Labute approximate surface area is 189 Å². The Morgan fingerprint density at radius 3 is 2.65 bits per heavy atom. The van der Waals surface area contributed by atoms with Crippen LogP contribution in [0.15, 0.2) is 23.1 Å². The molecule has 0 aromatic heterocycles. The summed E-state index contributed by atoms with van der Waals surface area (Å²) in [6.07, 6.45) is 1.61. The van der Waals surface area contributed by atoms with Crippen LogP contribution < -0.4 is 10.0 Å². The topological polar surface area (TPSA) is 97.0 Å². The predicted octanol–water partition coefficient (Wildman–Crippen LogP) is 1.88. The van der Waals surface area contributed by atoms with Gasteiger partial charge in [0.2, 0.25) is 10.0 Å². The first-order valence-corrected chi connectivity index (χ1v) is 12.6. The van der Waals surface area contributed by atoms with Crippen molar-refractivity contribution < 1.29 is 22.7 Å². The van der Waals surface area contributed by atoms with Gasteiger partial charge in [-0.1, -0.05) is 25.4 Å². The molecule has 2 unspecified atom stereocenters. The maximum atomic E-state index is 12.8. The molecule has 2 heterocycles. The summed E-state index contributed by atoms with van der Waals surface area (Å²) in [5.41, 5.74) is 0.256. The zero-order chi connectivity index (χ0) is 22.4. The Morgan fingerprint density at radius 1 is 1.26 bits per heavy atom. The van der Waals surface area contributed by atoms with E-state index < -0.39 is 10.0 Å². The van der Waals surface area contributed by atoms with Gasteiger partial charge in [0.15, 0.2) is 0 Å². The summed E-state index contributed by atoms with van der Waals surface area (Å²) >= 11 is 6.15. The van der Waals surface area contributed by atoms with E-state index in [1.165, 1.54) is 18.2 Å². The van der Waals surface area contributed by atoms with Gasteiger partial charge in [0.05, 0.1) is 24.3 Å². The van der Waals surface area contributed by atoms with E-state index in [0.29, 0.717) is 32.3 Å². The van der Waals surface area contributed by atoms with Gasteiger partial charge >= 0.3 is 0 Å². The summed E-state index contributed by atoms with van der Waals surface area (Å²) in [4.78, 5) is 15.0. The Balaban J connectivity index is 1.65. The molecular weight excluding hydrogens is 442 g/mol. The third kappa shape index (κ3) is 6.63. The van der Waals surface area contributed by atoms with E-state index in [-0.39, 0.29) is 40.1 Å². The van der Waals surface area contributed by atoms with Crippen LogP contribution in [-0.4, -0.2) is 77.4 Å². The maximum absolute atomic E-state index is 12.8. The molecule has 174 valence electrons. The second-order valence-corrected chi connectivity index (χ2v) is 10.4. The standard InChI is InChI=1S/C21H32ClN3O5S/c1-15(2)19(25-7-10-29-11-8-25)14-23-21(26)16-5-6-18(22)20(12-16)31(27,28)24-13-17-4-3-9-30-17/h5-6,12,15,17,19,24H,3-4,7-11,13-14H2,1-2H3,(H,23,26). The predicted molar refractivity (Wildman–Crippen MR) is 119 cm³/mol. The molecule has 0 saturated carbocycles. The van der Waals surface area contributed by atoms with E-state index in [1.807, 2.05) is 0 Å². The number of sulfonamides is 1. The van der Waals surface area contributed by atoms with Crippen molar-refractivity contribution in [2.75, 3.05) is 46.0 Å². The van der Waals surface area contributed by atoms with Crippen molar-refractivity contribution in [1.29, 1.82) is 0 Å². The molecule has 31 heavy (non-hydrogen) atoms. The minimum absolute atomic E-state index is 0.0739. The number of carbonyl (C=O) groups excluding carboxylic acids is 1. The van der Waals surface area contributed by atoms with Crippen LogP contribution in [0.5, 0.6) is 0 Å². The molecule has 8 nitrogen and oxygen atoms in total. The van der Waals surface area contributed by atoms with Gasteiger partial charge in [-0.3, -0.25) is 9.69 Å². The van der Waals surface area contributed by atoms with E-state index in [0.717, 1.165) is 25.9 Å². The lowest BCUT2D eigenvalue weighted by atomic mass is 10.0. The number of rotatable bonds is 9. The number of morpholine rings is 1. The summed E-state index contributed by atoms with van der Waals surface area (Å²) in [5, 5.41) is 3.03. The van der Waals surface area contributed by atoms with Crippen molar-refractivity contribution >= 4 is 27.5 Å². The van der Waals surface area contributed by atoms with Gasteiger partial charge < -0.3 is 14.8 Å². The van der Waals surface area contributed by atoms with Gasteiger partial charge in [0, 0.05) is 44.4 Å². The lowest BCUT2D eigenvalue weighted by Gasteiger charge is -2.36. The third-order valence-electron chi connectivity index (χ3n) is 5.76. The number of amides is 1. The highest BCUT2D eigenvalue weighted by molar-refractivity contribution is 7.89. The number of halogens is 1. The average molecular weight is 474 g/mol. The third-order valence-corrected chi connectivity index (χ3v) is 7.67. The highest BCUT2D eigenvalue weighted by Crippen LogP contribution is 2.23. The van der Waals surface area contributed by atoms with Crippen LogP contribution in [0.1, 0.15) is 37.0 Å². The molecule has 1 aromatic rings. The van der Waals surface area contributed by atoms with Crippen molar-refractivity contribution in [3.8, 4) is 0 Å². The molecule has 2 saturated heterocycles. The molecule has 0 spiro atoms. The summed E-state index contributed by atoms with van der Waals surface area (Å²) in [7, 11) is -3.86. The molecule has 1 aromatic carbocycles. The van der Waals surface area contributed by atoms with Crippen LogP contribution in [0.3, 0.4) is 0 Å². The quantitative estimate of drug-likeness (QED) is 0.568. The van der Waals surface area contributed by atoms with E-state index in [9.17, 15) is 13.2 Å². The second-order valence-electron chi connectivity index (χ2n) is 8.30. The van der Waals surface area contributed by atoms with Crippen LogP contribution in [0, 0.1) is 5.92 Å². The first-order valence-electron chi connectivity index (χ1n) is 10.8. The van der Waals surface area contributed by atoms with Crippen molar-refractivity contribution in [3.05, 3.63) is 28.8 Å². The molecule has 0 bridgehead atoms. The molecule has 0 radical (unpaired) electrons. The maximum Gasteiger partial charge on any atom is 0.251 e. The summed E-state index contributed by atoms with van der Waals surface area (Å²) in [5.74, 6) is 0.0210. The minimum Gasteiger partial charge on any atom is -0.379 e. The molecule has 3 rings (SSSR count). The first-order chi connectivity index (χ1) is 14.8. The highest BCUT2D eigenvalue weighted by Gasteiger charge is 2.26. The van der Waals surface area contributed by atoms with Gasteiger partial charge in [-0.2, -0.15) is 0 Å². The van der Waals surface area contributed by atoms with Gasteiger partial charge in [0.1, 0.15) is 4.90 Å². The zero-order valence-electron chi connectivity index (χ0n) is 18.1. The van der Waals surface area contributed by atoms with Crippen LogP contribution in [0.25, 0.3) is 0 Å². The van der Waals surface area contributed by atoms with E-state index >= 15 is 0 Å². The molecule has 2 aliphatic rings. The van der Waals surface area contributed by atoms with Gasteiger partial charge in [-0.25, -0.2) is 13.1 Å². The molecule has 1 amide bonds. The largest absolute Gasteiger partial charge is 0.379 e. The fourth-order valence-electron chi connectivity index (χ4n) is 3.93. The van der Waals surface area contributed by atoms with Crippen molar-refractivity contribution in [2.45, 2.75) is 43.7 Å². The fraction of sp³-hybridized carbons (Fsp3) is 0.667. The van der Waals surface area contributed by atoms with Crippen LogP contribution in [0.4, 0.5) is 0 Å². The SMILES string of the molecule is CC(C)C(CNC(=O)c1ccc(Cl)c(S(=O)(=O)NCC2CCCO2)c1)N1CCOCC1. The van der Waals surface area contributed by atoms with E-state index in [1.54, 1.807) is 0 Å². The molecule has 2 fully saturated rings. The molecule has 0 aliphatic carbocycles. The van der Waals surface area contributed by atoms with Crippen molar-refractivity contribution in [3.63, 3.8) is 0 Å². The average Bonchev–Trinajstić information content (AvgIpc) is 3.27. The van der Waals surface area contributed by atoms with Gasteiger partial charge in [-0.15, -0.1) is 0 Å². The van der Waals surface area contributed by atoms with E-state index in [4.69, 9.17) is 21.1 Å². The number of nitrogens with zero attached hydrogens (tertiary/aromatic N) is 1. The van der Waals surface area contributed by atoms with Crippen LogP contribution >= 0.6 is 11.6 Å². The first kappa shape index (κ1) is 24.4. The van der Waals surface area contributed by atoms with Gasteiger partial charge in [-0.05, 0) is 37.0 Å². The van der Waals surface area contributed by atoms with Crippen LogP contribution in [0.2, 0.25) is 5.02 Å². The monoisotopic (exact) mass is 473 g/mol. The number of nitrogens with one attached hydrogen (secondary N) is 2. The summed E-state index contributed by atoms with van der Waals surface area (Å²) < 4.78 is 38.9. The van der Waals surface area contributed by atoms with Crippen molar-refractivity contribution in [1.82, 2.24) is 14.9 Å². The lowest BCUT2D eigenvalue weighted by Crippen LogP contribution is -2.51. The number of benzene rings is 1. The summed E-state index contributed by atoms with van der Waals surface area (Å²) in [6.45, 7) is 8.59. The van der Waals surface area contributed by atoms with Gasteiger partial charge in [0.25, 0.3) is 5.91 Å². The van der Waals surface area contributed by atoms with E-state index in [2.05, 4.69) is 28.8 Å². The van der Waals surface area contributed by atoms with Crippen LogP contribution in [-0.2, 0) is 19.5 Å². The number of ether oxygens (including phenoxy) is 2. The Hall–Kier alpha value is -1.23. The molecule has 2 atom stereocenters. The normalized spacial score (nSPS) is 21.4. The Bertz CT molecular complexity index is 853. The Morgan fingerprint density at radius 2 is 2.00 bits per heavy atom. The zero-order valence-corrected chi connectivity index (χ0v) is 19.7. The number of carbonyl (C=O) groups is 1. The number of hydrogen-bond donors (Lipinski definition) is 2. The second kappa shape index (κ2) is 11.1. The number of hydrogen-bond acceptors (Lipinski definition) is 6. The molecule has 10 heteroatoms. The molecular formula is C21H32ClN3O5S. The highest BCUT2D eigenvalue weighted by atomic mass is 35.5. The van der Waals surface area contributed by atoms with Crippen molar-refractivity contribution in [2.24, 2.45) is 5.92 Å². The smallest absolute Gasteiger partial charge is 0.251 e. The lowest BCUT2D eigenvalue weighted by molar-refractivity contribution is 0.00672.